The van der Waals surface area contributed by atoms with Crippen LogP contribution in [-0.4, -0.2) is 35.1 Å². The second-order valence-electron chi connectivity index (χ2n) is 10.2. The molecule has 1 fully saturated rings. The Hall–Kier alpha value is -2.65. The fourth-order valence-corrected chi connectivity index (χ4v) is 4.69. The number of nitrogens with one attached hydrogen (secondary N) is 2. The molecule has 0 spiro atoms. The Bertz CT molecular complexity index is 922. The minimum Gasteiger partial charge on any atom is -0.355 e. The van der Waals surface area contributed by atoms with Gasteiger partial charge in [-0.1, -0.05) is 47.1 Å². The molecule has 1 aromatic carbocycles. The Morgan fingerprint density at radius 1 is 1.12 bits per heavy atom. The number of nitrogens with zero attached hydrogens (tertiary/aromatic N) is 4. The van der Waals surface area contributed by atoms with Crippen LogP contribution in [-0.2, 0) is 6.42 Å². The van der Waals surface area contributed by atoms with Crippen LogP contribution in [0.3, 0.4) is 0 Å². The molecule has 6 nitrogen and oxygen atoms in total. The zero-order valence-electron chi connectivity index (χ0n) is 20.9. The van der Waals surface area contributed by atoms with Gasteiger partial charge in [0.2, 0.25) is 5.95 Å². The largest absolute Gasteiger partial charge is 0.355 e. The van der Waals surface area contributed by atoms with Gasteiger partial charge in [0.15, 0.2) is 0 Å². The normalized spacial score (nSPS) is 16.1. The van der Waals surface area contributed by atoms with Crippen molar-refractivity contribution in [3.8, 4) is 6.07 Å². The third-order valence-corrected chi connectivity index (χ3v) is 6.02. The molecule has 0 aliphatic carbocycles. The smallest absolute Gasteiger partial charge is 0.229 e. The summed E-state index contributed by atoms with van der Waals surface area (Å²) in [7, 11) is 0. The molecule has 1 saturated heterocycles. The maximum absolute atomic E-state index is 9.19. The van der Waals surface area contributed by atoms with Crippen LogP contribution < -0.4 is 15.5 Å². The molecular weight excluding hydrogens is 408 g/mol. The number of aryl methyl sites for hydroxylation is 1. The Morgan fingerprint density at radius 2 is 1.88 bits per heavy atom. The summed E-state index contributed by atoms with van der Waals surface area (Å²) in [6.07, 6.45) is 5.53. The van der Waals surface area contributed by atoms with Crippen LogP contribution in [0.1, 0.15) is 71.6 Å². The number of hydrogen-bond acceptors (Lipinski definition) is 6. The zero-order chi connectivity index (χ0) is 23.8. The number of anilines is 3. The summed E-state index contributed by atoms with van der Waals surface area (Å²) < 4.78 is 0. The van der Waals surface area contributed by atoms with Gasteiger partial charge in [-0.25, -0.2) is 4.98 Å². The highest BCUT2D eigenvalue weighted by Gasteiger charge is 2.27. The van der Waals surface area contributed by atoms with E-state index in [-0.39, 0.29) is 0 Å². The van der Waals surface area contributed by atoms with E-state index in [1.165, 1.54) is 12.8 Å². The van der Waals surface area contributed by atoms with E-state index < -0.39 is 0 Å². The molecule has 2 heterocycles. The van der Waals surface area contributed by atoms with E-state index in [4.69, 9.17) is 9.97 Å². The molecule has 33 heavy (non-hydrogen) atoms. The van der Waals surface area contributed by atoms with E-state index in [1.54, 1.807) is 6.07 Å². The Labute approximate surface area is 199 Å². The predicted octanol–water partition coefficient (Wildman–Crippen LogP) is 5.67. The molecule has 2 aromatic rings. The topological polar surface area (TPSA) is 76.9 Å². The molecular formula is C27H40N6. The maximum atomic E-state index is 9.19. The third-order valence-electron chi connectivity index (χ3n) is 6.02. The minimum atomic E-state index is 0.487. The highest BCUT2D eigenvalue weighted by atomic mass is 15.3. The second kappa shape index (κ2) is 12.0. The fourth-order valence-electron chi connectivity index (χ4n) is 4.69. The van der Waals surface area contributed by atoms with Crippen LogP contribution in [0.4, 0.5) is 17.5 Å². The van der Waals surface area contributed by atoms with E-state index in [0.29, 0.717) is 35.4 Å². The van der Waals surface area contributed by atoms with Crippen LogP contribution in [0.2, 0.25) is 0 Å². The first-order chi connectivity index (χ1) is 15.9. The number of hydrogen-bond donors (Lipinski definition) is 2. The van der Waals surface area contributed by atoms with Crippen molar-refractivity contribution in [1.29, 1.82) is 5.26 Å². The molecule has 1 aromatic heterocycles. The predicted molar refractivity (Wildman–Crippen MR) is 137 cm³/mol. The molecule has 0 unspecified atom stereocenters. The van der Waals surface area contributed by atoms with Crippen molar-refractivity contribution in [3.63, 3.8) is 0 Å². The lowest BCUT2D eigenvalue weighted by atomic mass is 9.95. The lowest BCUT2D eigenvalue weighted by Crippen LogP contribution is -2.41. The van der Waals surface area contributed by atoms with Crippen molar-refractivity contribution in [3.05, 3.63) is 41.6 Å². The first-order valence-corrected chi connectivity index (χ1v) is 12.5. The van der Waals surface area contributed by atoms with Crippen molar-refractivity contribution in [2.45, 2.75) is 78.8 Å². The molecule has 1 aliphatic heterocycles. The van der Waals surface area contributed by atoms with Crippen LogP contribution in [0.15, 0.2) is 30.3 Å². The van der Waals surface area contributed by atoms with Crippen LogP contribution >= 0.6 is 0 Å². The molecule has 2 N–H and O–H groups in total. The van der Waals surface area contributed by atoms with Gasteiger partial charge in [0.05, 0.1) is 11.6 Å². The van der Waals surface area contributed by atoms with Gasteiger partial charge in [-0.05, 0) is 55.7 Å². The summed E-state index contributed by atoms with van der Waals surface area (Å²) in [5.74, 6) is 2.98. The first kappa shape index (κ1) is 25.0. The molecule has 0 amide bonds. The van der Waals surface area contributed by atoms with E-state index in [9.17, 15) is 5.26 Å². The van der Waals surface area contributed by atoms with Gasteiger partial charge in [0, 0.05) is 42.6 Å². The standard InChI is InChI=1S/C27H40N6/c1-6-8-22-16-26(32-27(30-22)31-23-10-7-9-21(15-23)17-28)33-12-11-24(18-33)29-25(13-19(2)3)14-20(4)5/h7,9-10,15-16,19-20,24-25,29H,6,8,11-14,18H2,1-5H3,(H,30,31,32)/t24-/m0/s1. The van der Waals surface area contributed by atoms with E-state index in [2.05, 4.69) is 62.3 Å². The lowest BCUT2D eigenvalue weighted by Gasteiger charge is -2.26. The number of aromatic nitrogens is 2. The van der Waals surface area contributed by atoms with Gasteiger partial charge >= 0.3 is 0 Å². The molecule has 1 atom stereocenters. The SMILES string of the molecule is CCCc1cc(N2CC[C@H](NC(CC(C)C)CC(C)C)C2)nc(Nc2cccc(C#N)c2)n1. The molecule has 0 radical (unpaired) electrons. The van der Waals surface area contributed by atoms with Crippen molar-refractivity contribution in [1.82, 2.24) is 15.3 Å². The highest BCUT2D eigenvalue weighted by Crippen LogP contribution is 2.24. The molecule has 3 rings (SSSR count). The Balaban J connectivity index is 1.73. The second-order valence-corrected chi connectivity index (χ2v) is 10.2. The summed E-state index contributed by atoms with van der Waals surface area (Å²) in [6.45, 7) is 13.4. The summed E-state index contributed by atoms with van der Waals surface area (Å²) in [4.78, 5) is 12.0. The van der Waals surface area contributed by atoms with Crippen LogP contribution in [0.5, 0.6) is 0 Å². The summed E-state index contributed by atoms with van der Waals surface area (Å²) >= 11 is 0. The molecule has 1 aliphatic rings. The Kier molecular flexibility index (Phi) is 9.08. The summed E-state index contributed by atoms with van der Waals surface area (Å²) in [6, 6.07) is 12.8. The molecule has 0 bridgehead atoms. The number of nitriles is 1. The van der Waals surface area contributed by atoms with E-state index in [0.717, 1.165) is 49.6 Å². The van der Waals surface area contributed by atoms with Gasteiger partial charge < -0.3 is 15.5 Å². The monoisotopic (exact) mass is 448 g/mol. The fraction of sp³-hybridized carbons (Fsp3) is 0.593. The zero-order valence-corrected chi connectivity index (χ0v) is 20.9. The van der Waals surface area contributed by atoms with Crippen molar-refractivity contribution in [2.75, 3.05) is 23.3 Å². The van der Waals surface area contributed by atoms with Gasteiger partial charge in [0.25, 0.3) is 0 Å². The van der Waals surface area contributed by atoms with Gasteiger partial charge in [-0.15, -0.1) is 0 Å². The quantitative estimate of drug-likeness (QED) is 0.461. The molecule has 178 valence electrons. The van der Waals surface area contributed by atoms with Crippen molar-refractivity contribution < 1.29 is 0 Å². The highest BCUT2D eigenvalue weighted by molar-refractivity contribution is 5.58. The number of benzene rings is 1. The van der Waals surface area contributed by atoms with Gasteiger partial charge in [0.1, 0.15) is 5.82 Å². The van der Waals surface area contributed by atoms with Crippen LogP contribution in [0.25, 0.3) is 0 Å². The molecule has 0 saturated carbocycles. The average molecular weight is 449 g/mol. The minimum absolute atomic E-state index is 0.487. The lowest BCUT2D eigenvalue weighted by molar-refractivity contribution is 0.333. The number of rotatable bonds is 11. The first-order valence-electron chi connectivity index (χ1n) is 12.5. The van der Waals surface area contributed by atoms with E-state index >= 15 is 0 Å². The van der Waals surface area contributed by atoms with Gasteiger partial charge in [-0.2, -0.15) is 10.2 Å². The van der Waals surface area contributed by atoms with E-state index in [1.807, 2.05) is 18.2 Å². The van der Waals surface area contributed by atoms with Crippen LogP contribution in [0, 0.1) is 23.2 Å². The summed E-state index contributed by atoms with van der Waals surface area (Å²) in [5.41, 5.74) is 2.51. The maximum Gasteiger partial charge on any atom is 0.229 e. The van der Waals surface area contributed by atoms with Crippen molar-refractivity contribution in [2.24, 2.45) is 11.8 Å². The van der Waals surface area contributed by atoms with Gasteiger partial charge in [-0.3, -0.25) is 0 Å². The van der Waals surface area contributed by atoms with Crippen molar-refractivity contribution >= 4 is 17.5 Å². The third kappa shape index (κ3) is 7.71. The average Bonchev–Trinajstić information content (AvgIpc) is 3.21. The Morgan fingerprint density at radius 3 is 2.55 bits per heavy atom. The molecule has 6 heteroatoms. The summed E-state index contributed by atoms with van der Waals surface area (Å²) in [5, 5.41) is 16.5.